The van der Waals surface area contributed by atoms with Crippen molar-refractivity contribution in [2.45, 2.75) is 16.2 Å². The van der Waals surface area contributed by atoms with Crippen molar-refractivity contribution in [3.8, 4) is 0 Å². The van der Waals surface area contributed by atoms with Crippen LogP contribution >= 0.6 is 23.1 Å². The molecule has 0 fully saturated rings. The summed E-state index contributed by atoms with van der Waals surface area (Å²) < 4.78 is 0.836. The second-order valence-corrected chi connectivity index (χ2v) is 6.43. The Bertz CT molecular complexity index is 610. The third-order valence-electron chi connectivity index (χ3n) is 2.39. The first-order chi connectivity index (χ1) is 8.97. The number of nitrogen functional groups attached to an aromatic ring is 1. The number of Topliss-reactive ketones (excluding diaryl/α,β-unsaturated/α-hetero) is 1. The predicted octanol–water partition coefficient (Wildman–Crippen LogP) is 2.54. The summed E-state index contributed by atoms with van der Waals surface area (Å²) in [5, 5.41) is 9.02. The lowest BCUT2D eigenvalue weighted by Crippen LogP contribution is -2.07. The molecule has 0 saturated carbocycles. The van der Waals surface area contributed by atoms with Crippen LogP contribution in [0.1, 0.15) is 17.3 Å². The van der Waals surface area contributed by atoms with E-state index in [0.29, 0.717) is 11.3 Å². The summed E-state index contributed by atoms with van der Waals surface area (Å²) in [4.78, 5) is 14.3. The summed E-state index contributed by atoms with van der Waals surface area (Å²) in [5.41, 5.74) is 6.81. The van der Waals surface area contributed by atoms with Crippen LogP contribution in [-0.4, -0.2) is 30.1 Å². The molecule has 0 spiro atoms. The molecule has 7 heteroatoms. The molecular weight excluding hydrogens is 280 g/mol. The lowest BCUT2D eigenvalue weighted by molar-refractivity contribution is 0.101. The van der Waals surface area contributed by atoms with Crippen LogP contribution in [0.25, 0.3) is 0 Å². The van der Waals surface area contributed by atoms with Gasteiger partial charge >= 0.3 is 0 Å². The number of nitrogens with two attached hydrogens (primary N) is 1. The van der Waals surface area contributed by atoms with E-state index in [1.54, 1.807) is 12.1 Å². The van der Waals surface area contributed by atoms with Crippen molar-refractivity contribution < 1.29 is 4.79 Å². The van der Waals surface area contributed by atoms with Gasteiger partial charge < -0.3 is 10.6 Å². The molecule has 0 unspecified atom stereocenters. The lowest BCUT2D eigenvalue weighted by Gasteiger charge is -2.05. The van der Waals surface area contributed by atoms with Crippen molar-refractivity contribution in [1.82, 2.24) is 10.2 Å². The molecule has 2 N–H and O–H groups in total. The highest BCUT2D eigenvalue weighted by Gasteiger charge is 2.10. The number of hydrogen-bond donors (Lipinski definition) is 1. The molecule has 1 aromatic carbocycles. The van der Waals surface area contributed by atoms with E-state index in [1.165, 1.54) is 30.0 Å². The Morgan fingerprint density at radius 1 is 1.37 bits per heavy atom. The number of anilines is 2. The van der Waals surface area contributed by atoms with Gasteiger partial charge in [0.25, 0.3) is 0 Å². The maximum Gasteiger partial charge on any atom is 0.208 e. The molecule has 19 heavy (non-hydrogen) atoms. The molecule has 0 saturated heterocycles. The number of carbonyl (C=O) groups is 1. The second kappa shape index (κ2) is 5.58. The lowest BCUT2D eigenvalue weighted by atomic mass is 10.1. The molecule has 0 aliphatic carbocycles. The molecule has 5 nitrogen and oxygen atoms in total. The van der Waals surface area contributed by atoms with Crippen LogP contribution in [0.4, 0.5) is 10.8 Å². The van der Waals surface area contributed by atoms with Gasteiger partial charge in [0.15, 0.2) is 10.1 Å². The van der Waals surface area contributed by atoms with Crippen LogP contribution in [0, 0.1) is 0 Å². The van der Waals surface area contributed by atoms with Gasteiger partial charge in [-0.3, -0.25) is 4.79 Å². The smallest absolute Gasteiger partial charge is 0.208 e. The Hall–Kier alpha value is -1.60. The molecule has 0 aliphatic heterocycles. The average molecular weight is 294 g/mol. The molecule has 0 amide bonds. The number of aromatic nitrogens is 2. The predicted molar refractivity (Wildman–Crippen MR) is 79.2 cm³/mol. The Balaban J connectivity index is 2.23. The van der Waals surface area contributed by atoms with E-state index >= 15 is 0 Å². The standard InChI is InChI=1S/C12H14N4OS2/c1-7(17)9-6-8(4-5-10(9)13)18-12-15-14-11(19-12)16(2)3/h4-6H,13H2,1-3H3. The molecule has 2 aromatic rings. The van der Waals surface area contributed by atoms with Crippen molar-refractivity contribution in [2.75, 3.05) is 24.7 Å². The topological polar surface area (TPSA) is 72.1 Å². The normalized spacial score (nSPS) is 10.5. The van der Waals surface area contributed by atoms with E-state index in [9.17, 15) is 4.79 Å². The van der Waals surface area contributed by atoms with Crippen LogP contribution < -0.4 is 10.6 Å². The summed E-state index contributed by atoms with van der Waals surface area (Å²) in [6.45, 7) is 1.51. The zero-order valence-corrected chi connectivity index (χ0v) is 12.5. The van der Waals surface area contributed by atoms with Crippen molar-refractivity contribution in [3.63, 3.8) is 0 Å². The number of rotatable bonds is 4. The number of ketones is 1. The van der Waals surface area contributed by atoms with Gasteiger partial charge in [-0.05, 0) is 25.1 Å². The fraction of sp³-hybridized carbons (Fsp3) is 0.250. The van der Waals surface area contributed by atoms with E-state index in [1.807, 2.05) is 25.1 Å². The quantitative estimate of drug-likeness (QED) is 0.690. The molecule has 1 heterocycles. The third-order valence-corrected chi connectivity index (χ3v) is 4.52. The van der Waals surface area contributed by atoms with Crippen molar-refractivity contribution in [2.24, 2.45) is 0 Å². The monoisotopic (exact) mass is 294 g/mol. The van der Waals surface area contributed by atoms with E-state index in [0.717, 1.165) is 14.4 Å². The van der Waals surface area contributed by atoms with E-state index < -0.39 is 0 Å². The molecule has 1 aromatic heterocycles. The zero-order chi connectivity index (χ0) is 14.0. The van der Waals surface area contributed by atoms with Crippen LogP contribution in [-0.2, 0) is 0 Å². The SMILES string of the molecule is CC(=O)c1cc(Sc2nnc(N(C)C)s2)ccc1N. The van der Waals surface area contributed by atoms with Crippen LogP contribution in [0.5, 0.6) is 0 Å². The van der Waals surface area contributed by atoms with E-state index in [-0.39, 0.29) is 5.78 Å². The Morgan fingerprint density at radius 3 is 2.68 bits per heavy atom. The number of nitrogens with zero attached hydrogens (tertiary/aromatic N) is 3. The first-order valence-electron chi connectivity index (χ1n) is 5.56. The fourth-order valence-corrected chi connectivity index (χ4v) is 3.21. The highest BCUT2D eigenvalue weighted by Crippen LogP contribution is 2.33. The maximum atomic E-state index is 11.4. The molecule has 100 valence electrons. The molecule has 0 radical (unpaired) electrons. The van der Waals surface area contributed by atoms with Crippen molar-refractivity contribution >= 4 is 39.7 Å². The largest absolute Gasteiger partial charge is 0.398 e. The van der Waals surface area contributed by atoms with Gasteiger partial charge in [-0.25, -0.2) is 0 Å². The summed E-state index contributed by atoms with van der Waals surface area (Å²) in [7, 11) is 3.85. The minimum Gasteiger partial charge on any atom is -0.398 e. The molecule has 0 atom stereocenters. The van der Waals surface area contributed by atoms with Crippen molar-refractivity contribution in [3.05, 3.63) is 23.8 Å². The molecular formula is C12H14N4OS2. The highest BCUT2D eigenvalue weighted by molar-refractivity contribution is 8.01. The summed E-state index contributed by atoms with van der Waals surface area (Å²) in [5.74, 6) is -0.0359. The summed E-state index contributed by atoms with van der Waals surface area (Å²) in [6.07, 6.45) is 0. The highest BCUT2D eigenvalue weighted by atomic mass is 32.2. The first kappa shape index (κ1) is 13.8. The number of carbonyl (C=O) groups excluding carboxylic acids is 1. The van der Waals surface area contributed by atoms with Crippen molar-refractivity contribution in [1.29, 1.82) is 0 Å². The number of hydrogen-bond acceptors (Lipinski definition) is 7. The minimum absolute atomic E-state index is 0.0359. The van der Waals surface area contributed by atoms with Gasteiger partial charge in [-0.1, -0.05) is 23.1 Å². The minimum atomic E-state index is -0.0359. The molecule has 0 aliphatic rings. The zero-order valence-electron chi connectivity index (χ0n) is 10.9. The number of benzene rings is 1. The summed E-state index contributed by atoms with van der Waals surface area (Å²) >= 11 is 2.98. The maximum absolute atomic E-state index is 11.4. The average Bonchev–Trinajstić information content (AvgIpc) is 2.80. The van der Waals surface area contributed by atoms with E-state index in [2.05, 4.69) is 10.2 Å². The van der Waals surface area contributed by atoms with Crippen LogP contribution in [0.3, 0.4) is 0 Å². The first-order valence-corrected chi connectivity index (χ1v) is 7.20. The second-order valence-electron chi connectivity index (χ2n) is 4.15. The van der Waals surface area contributed by atoms with Gasteiger partial charge in [0.2, 0.25) is 5.13 Å². The van der Waals surface area contributed by atoms with Gasteiger partial charge in [0.1, 0.15) is 0 Å². The Kier molecular flexibility index (Phi) is 4.06. The van der Waals surface area contributed by atoms with Gasteiger partial charge in [0, 0.05) is 30.2 Å². The van der Waals surface area contributed by atoms with Gasteiger partial charge in [0.05, 0.1) is 0 Å². The van der Waals surface area contributed by atoms with Gasteiger partial charge in [-0.2, -0.15) is 0 Å². The van der Waals surface area contributed by atoms with Gasteiger partial charge in [-0.15, -0.1) is 10.2 Å². The Labute approximate surface area is 119 Å². The van der Waals surface area contributed by atoms with Crippen LogP contribution in [0.15, 0.2) is 27.4 Å². The summed E-state index contributed by atoms with van der Waals surface area (Å²) in [6, 6.07) is 5.41. The third kappa shape index (κ3) is 3.24. The molecule has 0 bridgehead atoms. The van der Waals surface area contributed by atoms with Crippen LogP contribution in [0.2, 0.25) is 0 Å². The molecule has 2 rings (SSSR count). The fourth-order valence-electron chi connectivity index (χ4n) is 1.43. The Morgan fingerprint density at radius 2 is 2.11 bits per heavy atom. The van der Waals surface area contributed by atoms with E-state index in [4.69, 9.17) is 5.73 Å².